The molecule has 1 saturated carbocycles. The van der Waals surface area contributed by atoms with Crippen LogP contribution in [0.25, 0.3) is 5.65 Å². The lowest BCUT2D eigenvalue weighted by Gasteiger charge is -2.12. The van der Waals surface area contributed by atoms with Gasteiger partial charge in [0.25, 0.3) is 11.5 Å². The molecule has 0 aromatic carbocycles. The summed E-state index contributed by atoms with van der Waals surface area (Å²) < 4.78 is 1.48. The van der Waals surface area contributed by atoms with Gasteiger partial charge in [-0.2, -0.15) is 0 Å². The number of hydrogen-bond donors (Lipinski definition) is 1. The molecule has 1 amide bonds. The summed E-state index contributed by atoms with van der Waals surface area (Å²) in [7, 11) is 0. The topological polar surface area (TPSA) is 63.5 Å². The number of hydrogen-bond acceptors (Lipinski definition) is 3. The molecular weight excluding hydrogens is 254 g/mol. The smallest absolute Gasteiger partial charge is 0.270 e. The molecule has 0 unspecified atom stereocenters. The van der Waals surface area contributed by atoms with Gasteiger partial charge in [-0.05, 0) is 31.9 Å². The highest BCUT2D eigenvalue weighted by Gasteiger charge is 2.20. The number of nitrogens with zero attached hydrogens (tertiary/aromatic N) is 2. The number of rotatable bonds is 2. The molecule has 0 spiro atoms. The third kappa shape index (κ3) is 2.19. The molecule has 0 bridgehead atoms. The van der Waals surface area contributed by atoms with Gasteiger partial charge in [-0.1, -0.05) is 18.9 Å². The van der Waals surface area contributed by atoms with E-state index < -0.39 is 0 Å². The maximum Gasteiger partial charge on any atom is 0.270 e. The van der Waals surface area contributed by atoms with E-state index in [1.807, 2.05) is 19.1 Å². The summed E-state index contributed by atoms with van der Waals surface area (Å²) in [4.78, 5) is 28.8. The Bertz CT molecular complexity index is 715. The predicted octanol–water partition coefficient (Wildman–Crippen LogP) is 1.68. The Kier molecular flexibility index (Phi) is 3.26. The number of aryl methyl sites for hydroxylation is 1. The largest absolute Gasteiger partial charge is 0.349 e. The second-order valence-corrected chi connectivity index (χ2v) is 5.29. The summed E-state index contributed by atoms with van der Waals surface area (Å²) >= 11 is 0. The Labute approximate surface area is 116 Å². The third-order valence-corrected chi connectivity index (χ3v) is 3.86. The number of carbonyl (C=O) groups is 1. The van der Waals surface area contributed by atoms with Crippen molar-refractivity contribution in [1.82, 2.24) is 14.7 Å². The minimum atomic E-state index is -0.313. The van der Waals surface area contributed by atoms with E-state index in [1.54, 1.807) is 6.07 Å². The first kappa shape index (κ1) is 12.8. The van der Waals surface area contributed by atoms with Crippen LogP contribution in [0.5, 0.6) is 0 Å². The minimum Gasteiger partial charge on any atom is -0.349 e. The van der Waals surface area contributed by atoms with Gasteiger partial charge >= 0.3 is 0 Å². The fraction of sp³-hybridized carbons (Fsp3) is 0.400. The van der Waals surface area contributed by atoms with Crippen molar-refractivity contribution in [3.05, 3.63) is 46.0 Å². The summed E-state index contributed by atoms with van der Waals surface area (Å²) in [6.45, 7) is 1.83. The maximum absolute atomic E-state index is 12.4. The number of fused-ring (bicyclic) bond motifs is 1. The summed E-state index contributed by atoms with van der Waals surface area (Å²) in [5, 5.41) is 2.93. The molecule has 1 aliphatic carbocycles. The first-order valence-corrected chi connectivity index (χ1v) is 6.95. The summed E-state index contributed by atoms with van der Waals surface area (Å²) in [6, 6.07) is 5.62. The van der Waals surface area contributed by atoms with Crippen LogP contribution in [0.3, 0.4) is 0 Å². The molecular formula is C15H17N3O2. The Hall–Kier alpha value is -2.17. The minimum absolute atomic E-state index is 0.115. The molecule has 2 aromatic rings. The van der Waals surface area contributed by atoms with Gasteiger partial charge in [0, 0.05) is 17.9 Å². The van der Waals surface area contributed by atoms with Crippen molar-refractivity contribution in [1.29, 1.82) is 0 Å². The number of pyridine rings is 1. The van der Waals surface area contributed by atoms with Crippen LogP contribution in [-0.4, -0.2) is 21.3 Å². The van der Waals surface area contributed by atoms with Crippen LogP contribution in [0.15, 0.2) is 29.2 Å². The third-order valence-electron chi connectivity index (χ3n) is 3.86. The Morgan fingerprint density at radius 3 is 2.85 bits per heavy atom. The first-order chi connectivity index (χ1) is 9.66. The van der Waals surface area contributed by atoms with E-state index >= 15 is 0 Å². The average Bonchev–Trinajstić information content (AvgIpc) is 2.91. The summed E-state index contributed by atoms with van der Waals surface area (Å²) in [5.74, 6) is -0.313. The highest BCUT2D eigenvalue weighted by molar-refractivity contribution is 5.93. The predicted molar refractivity (Wildman–Crippen MR) is 75.9 cm³/mol. The van der Waals surface area contributed by atoms with Crippen LogP contribution < -0.4 is 10.9 Å². The molecule has 5 nitrogen and oxygen atoms in total. The van der Waals surface area contributed by atoms with E-state index in [0.29, 0.717) is 5.65 Å². The highest BCUT2D eigenvalue weighted by Crippen LogP contribution is 2.17. The molecule has 5 heteroatoms. The molecule has 0 saturated heterocycles. The van der Waals surface area contributed by atoms with Gasteiger partial charge in [0.05, 0.1) is 0 Å². The number of nitrogens with one attached hydrogen (secondary N) is 1. The fourth-order valence-corrected chi connectivity index (χ4v) is 2.76. The van der Waals surface area contributed by atoms with Crippen molar-refractivity contribution in [2.45, 2.75) is 38.6 Å². The van der Waals surface area contributed by atoms with Crippen LogP contribution in [0.4, 0.5) is 0 Å². The van der Waals surface area contributed by atoms with E-state index in [4.69, 9.17) is 0 Å². The van der Waals surface area contributed by atoms with Crippen LogP contribution in [0.2, 0.25) is 0 Å². The van der Waals surface area contributed by atoms with Gasteiger partial charge in [0.15, 0.2) is 0 Å². The lowest BCUT2D eigenvalue weighted by molar-refractivity contribution is 0.0936. The zero-order valence-electron chi connectivity index (χ0n) is 11.4. The number of carbonyl (C=O) groups excluding carboxylic acids is 1. The van der Waals surface area contributed by atoms with Crippen molar-refractivity contribution in [3.63, 3.8) is 0 Å². The zero-order chi connectivity index (χ0) is 14.1. The van der Waals surface area contributed by atoms with Crippen molar-refractivity contribution in [2.75, 3.05) is 0 Å². The molecule has 1 fully saturated rings. The van der Waals surface area contributed by atoms with Crippen LogP contribution in [0.1, 0.15) is 41.7 Å². The molecule has 0 aliphatic heterocycles. The Balaban J connectivity index is 1.99. The summed E-state index contributed by atoms with van der Waals surface area (Å²) in [5.41, 5.74) is 1.15. The number of amides is 1. The Morgan fingerprint density at radius 2 is 2.10 bits per heavy atom. The molecule has 20 heavy (non-hydrogen) atoms. The summed E-state index contributed by atoms with van der Waals surface area (Å²) in [6.07, 6.45) is 5.64. The lowest BCUT2D eigenvalue weighted by Crippen LogP contribution is -2.37. The van der Waals surface area contributed by atoms with E-state index in [2.05, 4.69) is 10.3 Å². The zero-order valence-corrected chi connectivity index (χ0v) is 11.4. The lowest BCUT2D eigenvalue weighted by atomic mass is 10.2. The van der Waals surface area contributed by atoms with Gasteiger partial charge < -0.3 is 5.32 Å². The van der Waals surface area contributed by atoms with Crippen molar-refractivity contribution < 1.29 is 4.79 Å². The van der Waals surface area contributed by atoms with Crippen LogP contribution in [0, 0.1) is 6.92 Å². The van der Waals surface area contributed by atoms with Crippen LogP contribution in [-0.2, 0) is 0 Å². The fourth-order valence-electron chi connectivity index (χ4n) is 2.76. The SMILES string of the molecule is Cc1cccc2ncc(C(=O)NC3CCCC3)c(=O)n12. The molecule has 1 N–H and O–H groups in total. The van der Waals surface area contributed by atoms with Gasteiger partial charge in [-0.25, -0.2) is 4.98 Å². The second-order valence-electron chi connectivity index (χ2n) is 5.29. The van der Waals surface area contributed by atoms with Gasteiger partial charge in [-0.15, -0.1) is 0 Å². The molecule has 0 atom stereocenters. The molecule has 2 aromatic heterocycles. The van der Waals surface area contributed by atoms with E-state index in [1.165, 1.54) is 10.6 Å². The molecule has 104 valence electrons. The molecule has 2 heterocycles. The average molecular weight is 271 g/mol. The maximum atomic E-state index is 12.4. The highest BCUT2D eigenvalue weighted by atomic mass is 16.2. The van der Waals surface area contributed by atoms with E-state index in [-0.39, 0.29) is 23.1 Å². The number of aromatic nitrogens is 2. The Morgan fingerprint density at radius 1 is 1.35 bits per heavy atom. The second kappa shape index (κ2) is 5.07. The molecule has 1 aliphatic rings. The quantitative estimate of drug-likeness (QED) is 0.903. The molecule has 3 rings (SSSR count). The first-order valence-electron chi connectivity index (χ1n) is 6.95. The van der Waals surface area contributed by atoms with Gasteiger partial charge in [-0.3, -0.25) is 14.0 Å². The van der Waals surface area contributed by atoms with Gasteiger partial charge in [0.2, 0.25) is 0 Å². The van der Waals surface area contributed by atoms with Crippen LogP contribution >= 0.6 is 0 Å². The van der Waals surface area contributed by atoms with Crippen molar-refractivity contribution in [2.24, 2.45) is 0 Å². The van der Waals surface area contributed by atoms with E-state index in [9.17, 15) is 9.59 Å². The van der Waals surface area contributed by atoms with Crippen molar-refractivity contribution in [3.8, 4) is 0 Å². The van der Waals surface area contributed by atoms with Gasteiger partial charge in [0.1, 0.15) is 11.2 Å². The van der Waals surface area contributed by atoms with E-state index in [0.717, 1.165) is 31.4 Å². The standard InChI is InChI=1S/C15H17N3O2/c1-10-5-4-8-13-16-9-12(15(20)18(10)13)14(19)17-11-6-2-3-7-11/h4-5,8-9,11H,2-3,6-7H2,1H3,(H,17,19). The normalized spacial score (nSPS) is 15.7. The molecule has 0 radical (unpaired) electrons. The monoisotopic (exact) mass is 271 g/mol. The van der Waals surface area contributed by atoms with Crippen molar-refractivity contribution >= 4 is 11.6 Å².